The zero-order valence-corrected chi connectivity index (χ0v) is 13.2. The van der Waals surface area contributed by atoms with Gasteiger partial charge in [0.25, 0.3) is 5.91 Å². The van der Waals surface area contributed by atoms with Crippen molar-refractivity contribution in [1.82, 2.24) is 9.88 Å². The molecule has 0 saturated carbocycles. The summed E-state index contributed by atoms with van der Waals surface area (Å²) in [7, 11) is 0. The largest absolute Gasteiger partial charge is 0.477 e. The van der Waals surface area contributed by atoms with Gasteiger partial charge in [0.1, 0.15) is 5.56 Å². The molecule has 1 aliphatic rings. The minimum absolute atomic E-state index is 0.0232. The van der Waals surface area contributed by atoms with Gasteiger partial charge in [-0.25, -0.2) is 4.98 Å². The number of amides is 1. The highest BCUT2D eigenvalue weighted by molar-refractivity contribution is 5.96. The van der Waals surface area contributed by atoms with Crippen molar-refractivity contribution in [3.05, 3.63) is 65.9 Å². The first-order valence-electron chi connectivity index (χ1n) is 7.91. The Labute approximate surface area is 136 Å². The molecule has 0 N–H and O–H groups in total. The van der Waals surface area contributed by atoms with Gasteiger partial charge in [0.05, 0.1) is 6.61 Å². The van der Waals surface area contributed by atoms with Crippen LogP contribution in [0.3, 0.4) is 0 Å². The number of hydrogen-bond donors (Lipinski definition) is 0. The molecular formula is C19H20N2O2. The standard InChI is InChI=1S/C19H20N2O2/c1-2-23-18-17(9-6-12-20-18)19(22)21-13-10-16(11-14-21)15-7-4-3-5-8-15/h3-10,12H,2,11,13-14H2,1H3. The Kier molecular flexibility index (Phi) is 4.71. The molecule has 2 heterocycles. The fourth-order valence-electron chi connectivity index (χ4n) is 2.74. The predicted molar refractivity (Wildman–Crippen MR) is 90.3 cm³/mol. The van der Waals surface area contributed by atoms with Gasteiger partial charge in [0.2, 0.25) is 5.88 Å². The van der Waals surface area contributed by atoms with Crippen molar-refractivity contribution in [2.45, 2.75) is 13.3 Å². The fraction of sp³-hybridized carbons (Fsp3) is 0.263. The molecule has 0 aliphatic carbocycles. The lowest BCUT2D eigenvalue weighted by Gasteiger charge is -2.27. The van der Waals surface area contributed by atoms with Crippen LogP contribution in [0.2, 0.25) is 0 Å². The van der Waals surface area contributed by atoms with Gasteiger partial charge in [-0.15, -0.1) is 0 Å². The Morgan fingerprint density at radius 3 is 2.74 bits per heavy atom. The third-order valence-electron chi connectivity index (χ3n) is 3.92. The minimum atomic E-state index is -0.0232. The van der Waals surface area contributed by atoms with E-state index in [1.165, 1.54) is 11.1 Å². The smallest absolute Gasteiger partial charge is 0.259 e. The highest BCUT2D eigenvalue weighted by atomic mass is 16.5. The predicted octanol–water partition coefficient (Wildman–Crippen LogP) is 3.41. The zero-order valence-electron chi connectivity index (χ0n) is 13.2. The van der Waals surface area contributed by atoms with E-state index >= 15 is 0 Å². The number of nitrogens with zero attached hydrogens (tertiary/aromatic N) is 2. The van der Waals surface area contributed by atoms with E-state index < -0.39 is 0 Å². The second-order valence-corrected chi connectivity index (χ2v) is 5.39. The summed E-state index contributed by atoms with van der Waals surface area (Å²) < 4.78 is 5.47. The molecule has 0 fully saturated rings. The highest BCUT2D eigenvalue weighted by Gasteiger charge is 2.22. The van der Waals surface area contributed by atoms with Crippen molar-refractivity contribution in [3.8, 4) is 5.88 Å². The van der Waals surface area contributed by atoms with Gasteiger partial charge in [0.15, 0.2) is 0 Å². The summed E-state index contributed by atoms with van der Waals surface area (Å²) in [6.45, 7) is 3.71. The van der Waals surface area contributed by atoms with E-state index in [2.05, 4.69) is 23.2 Å². The molecular weight excluding hydrogens is 288 g/mol. The molecule has 0 saturated heterocycles. The quantitative estimate of drug-likeness (QED) is 0.869. The molecule has 0 spiro atoms. The average Bonchev–Trinajstić information content (AvgIpc) is 2.63. The minimum Gasteiger partial charge on any atom is -0.477 e. The zero-order chi connectivity index (χ0) is 16.1. The third kappa shape index (κ3) is 3.42. The van der Waals surface area contributed by atoms with Crippen LogP contribution in [0.4, 0.5) is 0 Å². The van der Waals surface area contributed by atoms with E-state index in [1.54, 1.807) is 18.3 Å². The molecule has 0 bridgehead atoms. The lowest BCUT2D eigenvalue weighted by atomic mass is 9.99. The van der Waals surface area contributed by atoms with Crippen molar-refractivity contribution in [1.29, 1.82) is 0 Å². The molecule has 2 aromatic rings. The van der Waals surface area contributed by atoms with Gasteiger partial charge in [-0.3, -0.25) is 4.79 Å². The molecule has 0 unspecified atom stereocenters. The Hall–Kier alpha value is -2.62. The summed E-state index contributed by atoms with van der Waals surface area (Å²) in [5.41, 5.74) is 3.06. The molecule has 4 nitrogen and oxygen atoms in total. The normalized spacial score (nSPS) is 14.3. The van der Waals surface area contributed by atoms with Crippen LogP contribution in [0.25, 0.3) is 5.57 Å². The monoisotopic (exact) mass is 308 g/mol. The van der Waals surface area contributed by atoms with Crippen molar-refractivity contribution in [2.75, 3.05) is 19.7 Å². The van der Waals surface area contributed by atoms with Crippen molar-refractivity contribution in [3.63, 3.8) is 0 Å². The van der Waals surface area contributed by atoms with Gasteiger partial charge < -0.3 is 9.64 Å². The summed E-state index contributed by atoms with van der Waals surface area (Å²) in [5, 5.41) is 0. The Morgan fingerprint density at radius 1 is 1.22 bits per heavy atom. The summed E-state index contributed by atoms with van der Waals surface area (Å²) in [6.07, 6.45) is 4.64. The first-order valence-corrected chi connectivity index (χ1v) is 7.91. The number of pyridine rings is 1. The van der Waals surface area contributed by atoms with Crippen LogP contribution >= 0.6 is 0 Å². The summed E-state index contributed by atoms with van der Waals surface area (Å²) >= 11 is 0. The van der Waals surface area contributed by atoms with Gasteiger partial charge in [-0.05, 0) is 36.6 Å². The molecule has 1 aliphatic heterocycles. The molecule has 3 rings (SSSR count). The molecule has 1 amide bonds. The van der Waals surface area contributed by atoms with E-state index in [4.69, 9.17) is 4.74 Å². The maximum Gasteiger partial charge on any atom is 0.259 e. The molecule has 0 radical (unpaired) electrons. The number of aromatic nitrogens is 1. The Bertz CT molecular complexity index is 710. The van der Waals surface area contributed by atoms with E-state index in [0.717, 1.165) is 6.42 Å². The van der Waals surface area contributed by atoms with E-state index in [9.17, 15) is 4.79 Å². The van der Waals surface area contributed by atoms with Crippen LogP contribution in [0.5, 0.6) is 5.88 Å². The third-order valence-corrected chi connectivity index (χ3v) is 3.92. The van der Waals surface area contributed by atoms with E-state index in [-0.39, 0.29) is 5.91 Å². The lowest BCUT2D eigenvalue weighted by Crippen LogP contribution is -2.35. The molecule has 1 aromatic heterocycles. The fourth-order valence-corrected chi connectivity index (χ4v) is 2.74. The van der Waals surface area contributed by atoms with Gasteiger partial charge >= 0.3 is 0 Å². The second kappa shape index (κ2) is 7.09. The van der Waals surface area contributed by atoms with Crippen LogP contribution in [0.1, 0.15) is 29.3 Å². The first kappa shape index (κ1) is 15.3. The van der Waals surface area contributed by atoms with E-state index in [0.29, 0.717) is 31.1 Å². The Balaban J connectivity index is 1.75. The highest BCUT2D eigenvalue weighted by Crippen LogP contribution is 2.24. The second-order valence-electron chi connectivity index (χ2n) is 5.39. The van der Waals surface area contributed by atoms with Crippen LogP contribution in [0, 0.1) is 0 Å². The van der Waals surface area contributed by atoms with Crippen molar-refractivity contribution < 1.29 is 9.53 Å². The number of hydrogen-bond acceptors (Lipinski definition) is 3. The number of carbonyl (C=O) groups excluding carboxylic acids is 1. The summed E-state index contributed by atoms with van der Waals surface area (Å²) in [5.74, 6) is 0.391. The summed E-state index contributed by atoms with van der Waals surface area (Å²) in [4.78, 5) is 18.7. The van der Waals surface area contributed by atoms with Crippen molar-refractivity contribution in [2.24, 2.45) is 0 Å². The molecule has 1 aromatic carbocycles. The number of benzene rings is 1. The summed E-state index contributed by atoms with van der Waals surface area (Å²) in [6, 6.07) is 13.9. The number of carbonyl (C=O) groups is 1. The van der Waals surface area contributed by atoms with Crippen LogP contribution in [-0.2, 0) is 0 Å². The lowest BCUT2D eigenvalue weighted by molar-refractivity contribution is 0.0767. The average molecular weight is 308 g/mol. The maximum atomic E-state index is 12.7. The van der Waals surface area contributed by atoms with Gasteiger partial charge in [-0.2, -0.15) is 0 Å². The van der Waals surface area contributed by atoms with Gasteiger partial charge in [-0.1, -0.05) is 36.4 Å². The molecule has 118 valence electrons. The molecule has 23 heavy (non-hydrogen) atoms. The molecule has 0 atom stereocenters. The topological polar surface area (TPSA) is 42.4 Å². The first-order chi connectivity index (χ1) is 11.3. The SMILES string of the molecule is CCOc1ncccc1C(=O)N1CC=C(c2ccccc2)CC1. The van der Waals surface area contributed by atoms with Gasteiger partial charge in [0, 0.05) is 19.3 Å². The van der Waals surface area contributed by atoms with Crippen molar-refractivity contribution >= 4 is 11.5 Å². The maximum absolute atomic E-state index is 12.7. The van der Waals surface area contributed by atoms with Crippen LogP contribution in [-0.4, -0.2) is 35.5 Å². The Morgan fingerprint density at radius 2 is 2.04 bits per heavy atom. The van der Waals surface area contributed by atoms with Crippen LogP contribution in [0.15, 0.2) is 54.7 Å². The van der Waals surface area contributed by atoms with E-state index in [1.807, 2.05) is 30.0 Å². The number of ether oxygens (including phenoxy) is 1. The number of rotatable bonds is 4. The van der Waals surface area contributed by atoms with Crippen LogP contribution < -0.4 is 4.74 Å². The molecule has 4 heteroatoms.